The quantitative estimate of drug-likeness (QED) is 0.673. The number of carbonyl (C=O) groups excluding carboxylic acids is 1. The minimum absolute atomic E-state index is 0.111. The number of nitrogens with one attached hydrogen (secondary N) is 1. The van der Waals surface area contributed by atoms with Gasteiger partial charge in [0, 0.05) is 5.69 Å². The molecule has 148 valence electrons. The lowest BCUT2D eigenvalue weighted by molar-refractivity contribution is -0.115. The van der Waals surface area contributed by atoms with Crippen LogP contribution in [0.3, 0.4) is 0 Å². The Morgan fingerprint density at radius 3 is 2.41 bits per heavy atom. The molecule has 1 aliphatic heterocycles. The molecule has 0 atom stereocenters. The highest BCUT2D eigenvalue weighted by molar-refractivity contribution is 5.92. The van der Waals surface area contributed by atoms with Gasteiger partial charge in [-0.15, -0.1) is 0 Å². The van der Waals surface area contributed by atoms with Gasteiger partial charge in [-0.1, -0.05) is 18.2 Å². The van der Waals surface area contributed by atoms with Crippen molar-refractivity contribution >= 4 is 11.6 Å². The fraction of sp³-hybridized carbons (Fsp3) is 0.174. The molecule has 0 bridgehead atoms. The second-order valence-corrected chi connectivity index (χ2v) is 6.48. The molecule has 0 radical (unpaired) electrons. The summed E-state index contributed by atoms with van der Waals surface area (Å²) in [6.07, 6.45) is 0.246. The van der Waals surface area contributed by atoms with E-state index >= 15 is 0 Å². The lowest BCUT2D eigenvalue weighted by Crippen LogP contribution is -2.17. The smallest absolute Gasteiger partial charge is 0.228 e. The van der Waals surface area contributed by atoms with Gasteiger partial charge in [-0.3, -0.25) is 4.79 Å². The molecule has 6 heteroatoms. The minimum Gasteiger partial charge on any atom is -0.493 e. The fourth-order valence-corrected chi connectivity index (χ4v) is 3.02. The summed E-state index contributed by atoms with van der Waals surface area (Å²) in [4.78, 5) is 12.4. The van der Waals surface area contributed by atoms with E-state index in [2.05, 4.69) is 5.32 Å². The molecule has 3 aromatic rings. The van der Waals surface area contributed by atoms with Crippen molar-refractivity contribution in [3.05, 3.63) is 72.3 Å². The first-order valence-electron chi connectivity index (χ1n) is 9.30. The number of ether oxygens (including phenoxy) is 4. The molecule has 29 heavy (non-hydrogen) atoms. The van der Waals surface area contributed by atoms with Crippen LogP contribution in [0.5, 0.6) is 28.7 Å². The van der Waals surface area contributed by atoms with Gasteiger partial charge < -0.3 is 24.3 Å². The van der Waals surface area contributed by atoms with Gasteiger partial charge in [-0.05, 0) is 54.1 Å². The molecule has 0 saturated carbocycles. The van der Waals surface area contributed by atoms with Gasteiger partial charge in [0.25, 0.3) is 0 Å². The molecular weight excluding hydrogens is 370 g/mol. The Bertz CT molecular complexity index is 1000. The van der Waals surface area contributed by atoms with Crippen LogP contribution in [-0.2, 0) is 11.2 Å². The van der Waals surface area contributed by atoms with Crippen molar-refractivity contribution in [1.29, 1.82) is 0 Å². The summed E-state index contributed by atoms with van der Waals surface area (Å²) in [6.45, 7) is 1.07. The number of fused-ring (bicyclic) bond motifs is 1. The van der Waals surface area contributed by atoms with Crippen LogP contribution >= 0.6 is 0 Å². The number of para-hydroxylation sites is 2. The molecule has 6 nitrogen and oxygen atoms in total. The van der Waals surface area contributed by atoms with Crippen LogP contribution in [0, 0.1) is 0 Å². The SMILES string of the molecule is COc1ccccc1Oc1ccc(NC(=O)Cc2ccc3c(c2)OCCO3)cc1. The van der Waals surface area contributed by atoms with E-state index < -0.39 is 0 Å². The highest BCUT2D eigenvalue weighted by atomic mass is 16.6. The highest BCUT2D eigenvalue weighted by Crippen LogP contribution is 2.32. The zero-order valence-electron chi connectivity index (χ0n) is 16.0. The third kappa shape index (κ3) is 4.60. The second kappa shape index (κ2) is 8.56. The molecule has 4 rings (SSSR count). The van der Waals surface area contributed by atoms with Crippen molar-refractivity contribution in [2.24, 2.45) is 0 Å². The van der Waals surface area contributed by atoms with Gasteiger partial charge in [-0.2, -0.15) is 0 Å². The summed E-state index contributed by atoms with van der Waals surface area (Å²) >= 11 is 0. The molecule has 0 aliphatic carbocycles. The Morgan fingerprint density at radius 1 is 0.931 bits per heavy atom. The van der Waals surface area contributed by atoms with Gasteiger partial charge in [0.1, 0.15) is 19.0 Å². The molecule has 1 heterocycles. The van der Waals surface area contributed by atoms with Gasteiger partial charge in [0.15, 0.2) is 23.0 Å². The van der Waals surface area contributed by atoms with E-state index in [0.29, 0.717) is 47.6 Å². The summed E-state index contributed by atoms with van der Waals surface area (Å²) in [7, 11) is 1.60. The van der Waals surface area contributed by atoms with Gasteiger partial charge >= 0.3 is 0 Å². The molecule has 0 saturated heterocycles. The normalized spacial score (nSPS) is 12.2. The van der Waals surface area contributed by atoms with E-state index in [9.17, 15) is 4.79 Å². The average Bonchev–Trinajstić information content (AvgIpc) is 2.75. The van der Waals surface area contributed by atoms with Crippen LogP contribution in [0.1, 0.15) is 5.56 Å². The van der Waals surface area contributed by atoms with E-state index in [1.807, 2.05) is 42.5 Å². The molecule has 0 unspecified atom stereocenters. The third-order valence-electron chi connectivity index (χ3n) is 4.41. The molecule has 0 aromatic heterocycles. The maximum Gasteiger partial charge on any atom is 0.228 e. The third-order valence-corrected chi connectivity index (χ3v) is 4.41. The minimum atomic E-state index is -0.111. The van der Waals surface area contributed by atoms with Crippen LogP contribution in [0.15, 0.2) is 66.7 Å². The summed E-state index contributed by atoms with van der Waals surface area (Å²) in [5, 5.41) is 2.89. The molecule has 0 fully saturated rings. The zero-order chi connectivity index (χ0) is 20.1. The molecule has 3 aromatic carbocycles. The Hall–Kier alpha value is -3.67. The maximum atomic E-state index is 12.4. The maximum absolute atomic E-state index is 12.4. The number of anilines is 1. The number of hydrogen-bond acceptors (Lipinski definition) is 5. The number of methoxy groups -OCH3 is 1. The Kier molecular flexibility index (Phi) is 5.52. The number of hydrogen-bond donors (Lipinski definition) is 1. The molecule has 0 spiro atoms. The van der Waals surface area contributed by atoms with Crippen LogP contribution in [0.2, 0.25) is 0 Å². The fourth-order valence-electron chi connectivity index (χ4n) is 3.02. The first-order valence-corrected chi connectivity index (χ1v) is 9.30. The number of rotatable bonds is 6. The van der Waals surface area contributed by atoms with E-state index in [-0.39, 0.29) is 12.3 Å². The highest BCUT2D eigenvalue weighted by Gasteiger charge is 2.13. The van der Waals surface area contributed by atoms with Crippen molar-refractivity contribution in [2.75, 3.05) is 25.6 Å². The zero-order valence-corrected chi connectivity index (χ0v) is 16.0. The molecule has 1 aliphatic rings. The predicted molar refractivity (Wildman–Crippen MR) is 109 cm³/mol. The Balaban J connectivity index is 1.36. The standard InChI is InChI=1S/C23H21NO5/c1-26-19-4-2-3-5-21(19)29-18-9-7-17(8-10-18)24-23(25)15-16-6-11-20-22(14-16)28-13-12-27-20/h2-11,14H,12-13,15H2,1H3,(H,24,25). The Morgan fingerprint density at radius 2 is 1.66 bits per heavy atom. The lowest BCUT2D eigenvalue weighted by Gasteiger charge is -2.18. The predicted octanol–water partition coefficient (Wildman–Crippen LogP) is 4.44. The molecule has 1 amide bonds. The van der Waals surface area contributed by atoms with Crippen molar-refractivity contribution in [2.45, 2.75) is 6.42 Å². The van der Waals surface area contributed by atoms with E-state index in [4.69, 9.17) is 18.9 Å². The molecular formula is C23H21NO5. The number of benzene rings is 3. The topological polar surface area (TPSA) is 66.0 Å². The number of amides is 1. The van der Waals surface area contributed by atoms with Gasteiger partial charge in [0.05, 0.1) is 13.5 Å². The Labute approximate surface area is 169 Å². The van der Waals surface area contributed by atoms with E-state index in [1.165, 1.54) is 0 Å². The van der Waals surface area contributed by atoms with Gasteiger partial charge in [0.2, 0.25) is 5.91 Å². The monoisotopic (exact) mass is 391 g/mol. The summed E-state index contributed by atoms with van der Waals surface area (Å²) in [5.74, 6) is 3.22. The molecule has 1 N–H and O–H groups in total. The van der Waals surface area contributed by atoms with Gasteiger partial charge in [-0.25, -0.2) is 0 Å². The first kappa shape index (κ1) is 18.7. The van der Waals surface area contributed by atoms with Crippen molar-refractivity contribution in [3.8, 4) is 28.7 Å². The van der Waals surface area contributed by atoms with Crippen LogP contribution in [-0.4, -0.2) is 26.2 Å². The van der Waals surface area contributed by atoms with E-state index in [1.54, 1.807) is 31.4 Å². The van der Waals surface area contributed by atoms with Crippen molar-refractivity contribution in [3.63, 3.8) is 0 Å². The average molecular weight is 391 g/mol. The first-order chi connectivity index (χ1) is 14.2. The number of carbonyl (C=O) groups is 1. The van der Waals surface area contributed by atoms with Crippen LogP contribution in [0.25, 0.3) is 0 Å². The van der Waals surface area contributed by atoms with Crippen LogP contribution < -0.4 is 24.3 Å². The van der Waals surface area contributed by atoms with E-state index in [0.717, 1.165) is 5.56 Å². The lowest BCUT2D eigenvalue weighted by atomic mass is 10.1. The second-order valence-electron chi connectivity index (χ2n) is 6.48. The summed E-state index contributed by atoms with van der Waals surface area (Å²) in [6, 6.07) is 20.2. The van der Waals surface area contributed by atoms with Crippen molar-refractivity contribution in [1.82, 2.24) is 0 Å². The largest absolute Gasteiger partial charge is 0.493 e. The van der Waals surface area contributed by atoms with Crippen LogP contribution in [0.4, 0.5) is 5.69 Å². The summed E-state index contributed by atoms with van der Waals surface area (Å²) < 4.78 is 22.2. The van der Waals surface area contributed by atoms with Crippen molar-refractivity contribution < 1.29 is 23.7 Å². The summed E-state index contributed by atoms with van der Waals surface area (Å²) in [5.41, 5.74) is 1.56.